The van der Waals surface area contributed by atoms with Gasteiger partial charge in [0.15, 0.2) is 0 Å². The number of halogens is 4. The summed E-state index contributed by atoms with van der Waals surface area (Å²) < 4.78 is 41.5. The predicted octanol–water partition coefficient (Wildman–Crippen LogP) is 4.35. The molecule has 2 N–H and O–H groups in total. The molecule has 0 aromatic heterocycles. The first kappa shape index (κ1) is 28.6. The Morgan fingerprint density at radius 2 is 1.97 bits per heavy atom. The topological polar surface area (TPSA) is 76.1 Å². The SMILES string of the molecule is CCN1CCN(C(=O)N(CC2=CC#CCC(C(=O)NO)C=C2)C2=C(C)CC=C(Cl)C(C(F)(F)F)=C2)CC1. The molecule has 0 spiro atoms. The van der Waals surface area contributed by atoms with E-state index in [-0.39, 0.29) is 25.1 Å². The Kier molecular flexibility index (Phi) is 9.65. The van der Waals surface area contributed by atoms with Crippen molar-refractivity contribution in [1.82, 2.24) is 20.2 Å². The Balaban J connectivity index is 2.01. The first-order valence-corrected chi connectivity index (χ1v) is 12.4. The molecule has 3 aliphatic rings. The highest BCUT2D eigenvalue weighted by atomic mass is 35.5. The summed E-state index contributed by atoms with van der Waals surface area (Å²) in [5.74, 6) is 4.30. The maximum Gasteiger partial charge on any atom is 0.417 e. The fourth-order valence-electron chi connectivity index (χ4n) is 4.21. The van der Waals surface area contributed by atoms with Gasteiger partial charge in [-0.1, -0.05) is 48.6 Å². The first-order valence-electron chi connectivity index (χ1n) is 12.0. The lowest BCUT2D eigenvalue weighted by Crippen LogP contribution is -2.52. The summed E-state index contributed by atoms with van der Waals surface area (Å²) >= 11 is 5.99. The van der Waals surface area contributed by atoms with Gasteiger partial charge in [-0.05, 0) is 43.2 Å². The lowest BCUT2D eigenvalue weighted by molar-refractivity contribution is -0.131. The number of likely N-dealkylation sites (N-methyl/N-ethyl adjacent to an activating group) is 1. The lowest BCUT2D eigenvalue weighted by Gasteiger charge is -2.38. The maximum atomic E-state index is 13.8. The summed E-state index contributed by atoms with van der Waals surface area (Å²) in [6, 6.07) is -0.421. The summed E-state index contributed by atoms with van der Waals surface area (Å²) in [4.78, 5) is 30.8. The van der Waals surface area contributed by atoms with E-state index < -0.39 is 34.6 Å². The number of carbonyl (C=O) groups excluding carboxylic acids is 2. The van der Waals surface area contributed by atoms with E-state index >= 15 is 0 Å². The van der Waals surface area contributed by atoms with Crippen molar-refractivity contribution in [2.75, 3.05) is 39.3 Å². The number of hydrogen-bond acceptors (Lipinski definition) is 4. The number of nitrogens with one attached hydrogen (secondary N) is 1. The van der Waals surface area contributed by atoms with Gasteiger partial charge in [-0.25, -0.2) is 10.3 Å². The zero-order valence-corrected chi connectivity index (χ0v) is 21.5. The number of amides is 3. The predicted molar refractivity (Wildman–Crippen MR) is 134 cm³/mol. The minimum Gasteiger partial charge on any atom is -0.322 e. The Hall–Kier alpha value is -3.00. The molecule has 2 aliphatic carbocycles. The zero-order valence-electron chi connectivity index (χ0n) is 20.7. The van der Waals surface area contributed by atoms with Crippen molar-refractivity contribution in [2.24, 2.45) is 5.92 Å². The second-order valence-electron chi connectivity index (χ2n) is 8.95. The highest BCUT2D eigenvalue weighted by Crippen LogP contribution is 2.38. The van der Waals surface area contributed by atoms with Gasteiger partial charge >= 0.3 is 12.2 Å². The van der Waals surface area contributed by atoms with Crippen LogP contribution in [0.25, 0.3) is 0 Å². The highest BCUT2D eigenvalue weighted by Gasteiger charge is 2.38. The molecule has 7 nitrogen and oxygen atoms in total. The van der Waals surface area contributed by atoms with Crippen molar-refractivity contribution in [3.8, 4) is 11.8 Å². The average Bonchev–Trinajstić information content (AvgIpc) is 3.01. The molecule has 3 rings (SSSR count). The lowest BCUT2D eigenvalue weighted by atomic mass is 10.0. The van der Waals surface area contributed by atoms with E-state index in [4.69, 9.17) is 16.8 Å². The molecule has 3 amide bonds. The van der Waals surface area contributed by atoms with Gasteiger partial charge in [0, 0.05) is 43.3 Å². The van der Waals surface area contributed by atoms with Crippen molar-refractivity contribution in [3.63, 3.8) is 0 Å². The fourth-order valence-corrected chi connectivity index (χ4v) is 4.44. The van der Waals surface area contributed by atoms with Crippen LogP contribution in [-0.2, 0) is 4.79 Å². The molecule has 0 saturated carbocycles. The number of hydroxylamine groups is 1. The van der Waals surface area contributed by atoms with Crippen molar-refractivity contribution < 1.29 is 28.0 Å². The molecule has 0 aromatic carbocycles. The third-order valence-electron chi connectivity index (χ3n) is 6.49. The Morgan fingerprint density at radius 1 is 1.27 bits per heavy atom. The van der Waals surface area contributed by atoms with Gasteiger partial charge in [0.1, 0.15) is 0 Å². The van der Waals surface area contributed by atoms with Crippen molar-refractivity contribution in [2.45, 2.75) is 32.9 Å². The smallest absolute Gasteiger partial charge is 0.322 e. The zero-order chi connectivity index (χ0) is 27.2. The van der Waals surface area contributed by atoms with Crippen LogP contribution in [0.4, 0.5) is 18.0 Å². The number of piperazine rings is 1. The van der Waals surface area contributed by atoms with Crippen LogP contribution in [0.15, 0.2) is 57.8 Å². The Labute approximate surface area is 219 Å². The minimum atomic E-state index is -4.71. The van der Waals surface area contributed by atoms with E-state index in [1.165, 1.54) is 11.0 Å². The van der Waals surface area contributed by atoms with Crippen LogP contribution < -0.4 is 5.48 Å². The standard InChI is InChI=1S/C26H30ClF3N4O3/c1-3-32-12-14-33(15-13-32)25(36)34(17-19-6-4-5-7-20(10-9-19)24(35)31-37)23-16-21(26(28,29)30)22(27)11-8-18(23)2/h6,9-11,16,20,37H,3,7-8,12-15,17H2,1-2H3,(H,31,35). The number of alkyl halides is 3. The summed E-state index contributed by atoms with van der Waals surface area (Å²) in [7, 11) is 0. The largest absolute Gasteiger partial charge is 0.417 e. The number of urea groups is 1. The molecular formula is C26H30ClF3N4O3. The van der Waals surface area contributed by atoms with E-state index in [2.05, 4.69) is 16.7 Å². The summed E-state index contributed by atoms with van der Waals surface area (Å²) in [5.41, 5.74) is 1.78. The monoisotopic (exact) mass is 538 g/mol. The molecule has 0 bridgehead atoms. The van der Waals surface area contributed by atoms with E-state index in [9.17, 15) is 22.8 Å². The number of rotatable bonds is 5. The van der Waals surface area contributed by atoms with Crippen LogP contribution in [0.2, 0.25) is 0 Å². The average molecular weight is 539 g/mol. The van der Waals surface area contributed by atoms with Crippen LogP contribution in [-0.4, -0.2) is 77.3 Å². The fraction of sp³-hybridized carbons (Fsp3) is 0.462. The third kappa shape index (κ3) is 7.28. The second kappa shape index (κ2) is 12.5. The van der Waals surface area contributed by atoms with Gasteiger partial charge in [-0.15, -0.1) is 0 Å². The number of hydrogen-bond donors (Lipinski definition) is 2. The van der Waals surface area contributed by atoms with Gasteiger partial charge in [-0.3, -0.25) is 14.9 Å². The molecule has 11 heteroatoms. The van der Waals surface area contributed by atoms with Crippen LogP contribution in [0.3, 0.4) is 0 Å². The quantitative estimate of drug-likeness (QED) is 0.310. The summed E-state index contributed by atoms with van der Waals surface area (Å²) in [6.45, 7) is 6.69. The van der Waals surface area contributed by atoms with E-state index in [0.717, 1.165) is 12.6 Å². The minimum absolute atomic E-state index is 0.0720. The molecule has 37 heavy (non-hydrogen) atoms. The highest BCUT2D eigenvalue weighted by molar-refractivity contribution is 6.32. The van der Waals surface area contributed by atoms with E-state index in [1.807, 2.05) is 6.92 Å². The van der Waals surface area contributed by atoms with Gasteiger partial charge in [0.25, 0.3) is 5.91 Å². The Bertz CT molecular complexity index is 1120. The summed E-state index contributed by atoms with van der Waals surface area (Å²) in [5, 5.41) is 8.56. The van der Waals surface area contributed by atoms with Crippen molar-refractivity contribution in [1.29, 1.82) is 0 Å². The molecule has 0 aromatic rings. The molecule has 1 heterocycles. The number of carbonyl (C=O) groups is 2. The van der Waals surface area contributed by atoms with Crippen LogP contribution in [0.1, 0.15) is 26.7 Å². The van der Waals surface area contributed by atoms with Gasteiger partial charge in [-0.2, -0.15) is 13.2 Å². The maximum absolute atomic E-state index is 13.8. The number of allylic oxidation sites excluding steroid dienone is 6. The molecule has 0 radical (unpaired) electrons. The molecule has 200 valence electrons. The van der Waals surface area contributed by atoms with Crippen LogP contribution in [0.5, 0.6) is 0 Å². The van der Waals surface area contributed by atoms with E-state index in [0.29, 0.717) is 37.3 Å². The van der Waals surface area contributed by atoms with Gasteiger partial charge in [0.2, 0.25) is 0 Å². The van der Waals surface area contributed by atoms with Crippen LogP contribution in [0, 0.1) is 17.8 Å². The second-order valence-corrected chi connectivity index (χ2v) is 9.36. The molecule has 1 unspecified atom stereocenters. The number of nitrogens with zero attached hydrogens (tertiary/aromatic N) is 3. The van der Waals surface area contributed by atoms with Crippen molar-refractivity contribution >= 4 is 23.5 Å². The third-order valence-corrected chi connectivity index (χ3v) is 6.85. The van der Waals surface area contributed by atoms with Crippen LogP contribution >= 0.6 is 11.6 Å². The molecule has 1 aliphatic heterocycles. The normalized spacial score (nSPS) is 21.0. The van der Waals surface area contributed by atoms with Crippen molar-refractivity contribution in [3.05, 3.63) is 57.8 Å². The molecule has 1 saturated heterocycles. The molecular weight excluding hydrogens is 509 g/mol. The Morgan fingerprint density at radius 3 is 2.59 bits per heavy atom. The van der Waals surface area contributed by atoms with Gasteiger partial charge in [0.05, 0.1) is 18.0 Å². The summed E-state index contributed by atoms with van der Waals surface area (Å²) in [6.07, 6.45) is 2.58. The molecule has 1 fully saturated rings. The van der Waals surface area contributed by atoms with Gasteiger partial charge < -0.3 is 9.80 Å². The molecule has 1 atom stereocenters. The first-order chi connectivity index (χ1) is 17.5. The van der Waals surface area contributed by atoms with E-state index in [1.54, 1.807) is 35.5 Å².